The van der Waals surface area contributed by atoms with Gasteiger partial charge in [0.05, 0.1) is 31.4 Å². The van der Waals surface area contributed by atoms with E-state index in [1.165, 1.54) is 35.6 Å². The molecule has 17 heteroatoms. The van der Waals surface area contributed by atoms with E-state index in [-0.39, 0.29) is 12.8 Å². The van der Waals surface area contributed by atoms with Crippen LogP contribution in [0.15, 0.2) is 97.2 Å². The predicted octanol–water partition coefficient (Wildman–Crippen LogP) is 9.24. The monoisotopic (exact) mass is 772 g/mol. The van der Waals surface area contributed by atoms with E-state index in [4.69, 9.17) is 28.2 Å². The maximum absolute atomic E-state index is 14.7. The molecule has 2 aromatic heterocycles. The first-order valence-electron chi connectivity index (χ1n) is 14.2. The fourth-order valence-corrected chi connectivity index (χ4v) is 8.77. The van der Waals surface area contributed by atoms with E-state index in [1.807, 2.05) is 47.0 Å². The van der Waals surface area contributed by atoms with Crippen LogP contribution in [0.25, 0.3) is 21.1 Å². The number of aromatic nitrogens is 2. The molecule has 0 aliphatic heterocycles. The van der Waals surface area contributed by atoms with Crippen LogP contribution >= 0.6 is 49.7 Å². The van der Waals surface area contributed by atoms with E-state index in [0.717, 1.165) is 27.7 Å². The Balaban J connectivity index is 1.59. The Labute approximate surface area is 289 Å². The van der Waals surface area contributed by atoms with Crippen molar-refractivity contribution < 1.29 is 46.3 Å². The number of hydrogen-bond acceptors (Lipinski definition) is 4. The van der Waals surface area contributed by atoms with Crippen LogP contribution in [0.4, 0.5) is 17.6 Å². The third-order valence-corrected chi connectivity index (χ3v) is 12.0. The van der Waals surface area contributed by atoms with Gasteiger partial charge in [0.25, 0.3) is 0 Å². The zero-order valence-electron chi connectivity index (χ0n) is 24.7. The molecule has 0 bridgehead atoms. The Morgan fingerprint density at radius 3 is 1.73 bits per heavy atom. The third-order valence-electron chi connectivity index (χ3n) is 8.19. The molecule has 6 rings (SSSR count). The van der Waals surface area contributed by atoms with Crippen LogP contribution in [0.5, 0.6) is 0 Å². The summed E-state index contributed by atoms with van der Waals surface area (Å²) in [6, 6.07) is 23.1. The first-order valence-corrected chi connectivity index (χ1v) is 19.0. The first kappa shape index (κ1) is 35.7. The molecule has 4 aromatic carbocycles. The minimum Gasteiger partial charge on any atom is -0.334 e. The van der Waals surface area contributed by atoms with Gasteiger partial charge in [-0.3, -0.25) is 9.13 Å². The zero-order valence-corrected chi connectivity index (χ0v) is 28.8. The summed E-state index contributed by atoms with van der Waals surface area (Å²) >= 11 is 13.9. The van der Waals surface area contributed by atoms with Gasteiger partial charge in [0.1, 0.15) is 10.5 Å². The van der Waals surface area contributed by atoms with Crippen LogP contribution in [0.3, 0.4) is 0 Å². The Kier molecular flexibility index (Phi) is 9.18. The highest BCUT2D eigenvalue weighted by Crippen LogP contribution is 2.61. The second-order valence-corrected chi connectivity index (χ2v) is 16.6. The molecule has 256 valence electrons. The van der Waals surface area contributed by atoms with Crippen LogP contribution in [-0.2, 0) is 38.8 Å². The molecule has 0 fully saturated rings. The Hall–Kier alpha value is -3.09. The molecule has 4 N–H and O–H groups in total. The molecule has 2 heterocycles. The topological polar surface area (TPSA) is 133 Å². The van der Waals surface area contributed by atoms with Gasteiger partial charge >= 0.3 is 26.5 Å². The quantitative estimate of drug-likeness (QED) is 0.0806. The summed E-state index contributed by atoms with van der Waals surface area (Å²) in [5.41, 5.74) is -10.4. The summed E-state index contributed by atoms with van der Waals surface area (Å²) in [4.78, 5) is 42.2. The highest BCUT2D eigenvalue weighted by molar-refractivity contribution is 7.53. The van der Waals surface area contributed by atoms with Gasteiger partial charge in [0.2, 0.25) is 0 Å². The van der Waals surface area contributed by atoms with Crippen molar-refractivity contribution >= 4 is 70.8 Å². The van der Waals surface area contributed by atoms with Crippen molar-refractivity contribution in [3.05, 3.63) is 134 Å². The smallest absolute Gasteiger partial charge is 0.334 e. The normalized spacial score (nSPS) is 13.4. The number of hydrogen-bond donors (Lipinski definition) is 4. The van der Waals surface area contributed by atoms with Crippen molar-refractivity contribution in [3.63, 3.8) is 0 Å². The van der Waals surface area contributed by atoms with Crippen LogP contribution in [0, 0.1) is 0 Å². The van der Waals surface area contributed by atoms with Crippen molar-refractivity contribution in [2.24, 2.45) is 0 Å². The van der Waals surface area contributed by atoms with Gasteiger partial charge in [-0.25, -0.2) is 4.98 Å². The van der Waals surface area contributed by atoms with Gasteiger partial charge in [0.15, 0.2) is 0 Å². The summed E-state index contributed by atoms with van der Waals surface area (Å²) in [5.74, 6) is 0. The molecule has 6 aromatic rings. The van der Waals surface area contributed by atoms with E-state index in [2.05, 4.69) is 0 Å². The molecule has 0 amide bonds. The molecule has 0 spiro atoms. The van der Waals surface area contributed by atoms with Gasteiger partial charge in [0, 0.05) is 24.6 Å². The molecule has 0 radical (unpaired) electrons. The summed E-state index contributed by atoms with van der Waals surface area (Å²) < 4.78 is 84.8. The molecule has 49 heavy (non-hydrogen) atoms. The molecule has 8 nitrogen and oxygen atoms in total. The molecule has 0 unspecified atom stereocenters. The average Bonchev–Trinajstić information content (AvgIpc) is 3.65. The summed E-state index contributed by atoms with van der Waals surface area (Å²) in [5, 5.41) is 0.177. The third kappa shape index (κ3) is 6.37. The van der Waals surface area contributed by atoms with Crippen molar-refractivity contribution in [2.75, 3.05) is 0 Å². The van der Waals surface area contributed by atoms with E-state index in [0.29, 0.717) is 21.7 Å². The lowest BCUT2D eigenvalue weighted by Gasteiger charge is -2.36. The second kappa shape index (κ2) is 12.6. The lowest BCUT2D eigenvalue weighted by atomic mass is 9.84. The van der Waals surface area contributed by atoms with Crippen LogP contribution < -0.4 is 0 Å². The fourth-order valence-electron chi connectivity index (χ4n) is 5.83. The maximum Gasteiger partial charge on any atom is 0.399 e. The number of nitrogens with zero attached hydrogens (tertiary/aromatic N) is 2. The van der Waals surface area contributed by atoms with Crippen molar-refractivity contribution in [1.29, 1.82) is 0 Å². The van der Waals surface area contributed by atoms with Gasteiger partial charge < -0.3 is 24.1 Å². The highest BCUT2D eigenvalue weighted by Gasteiger charge is 2.53. The summed E-state index contributed by atoms with van der Waals surface area (Å²) in [6.45, 7) is 0. The van der Waals surface area contributed by atoms with E-state index >= 15 is 0 Å². The maximum atomic E-state index is 14.7. The lowest BCUT2D eigenvalue weighted by Crippen LogP contribution is -2.39. The Morgan fingerprint density at radius 1 is 0.714 bits per heavy atom. The average molecular weight is 773 g/mol. The number of alkyl halides is 4. The van der Waals surface area contributed by atoms with Crippen LogP contribution in [0.2, 0.25) is 10.0 Å². The molecule has 0 saturated heterocycles. The molecule has 0 aliphatic carbocycles. The number of benzene rings is 4. The number of halogens is 6. The van der Waals surface area contributed by atoms with Crippen molar-refractivity contribution in [2.45, 2.75) is 29.7 Å². The van der Waals surface area contributed by atoms with Crippen molar-refractivity contribution in [1.82, 2.24) is 9.55 Å². The Morgan fingerprint density at radius 2 is 1.22 bits per heavy atom. The summed E-state index contributed by atoms with van der Waals surface area (Å²) in [6.07, 6.45) is 1.78. The SMILES string of the molecule is O=P(O)(O)C(F)(F)c1ccc(CC(Cc2ccc(C(F)(F)P(=O)(O)O)c(Cl)c2)(c2nc3ccccc3s2)n2ccc3ccccc32)cc1Cl. The number of thiazole rings is 1. The lowest BCUT2D eigenvalue weighted by molar-refractivity contribution is 0.0565. The van der Waals surface area contributed by atoms with Crippen LogP contribution in [0.1, 0.15) is 27.3 Å². The minimum absolute atomic E-state index is 0.00894. The molecular formula is C32H24Cl2F4N2O6P2S. The highest BCUT2D eigenvalue weighted by atomic mass is 35.5. The van der Waals surface area contributed by atoms with Gasteiger partial charge in [-0.15, -0.1) is 11.3 Å². The van der Waals surface area contributed by atoms with Crippen LogP contribution in [-0.4, -0.2) is 29.1 Å². The van der Waals surface area contributed by atoms with E-state index in [1.54, 1.807) is 18.3 Å². The largest absolute Gasteiger partial charge is 0.399 e. The van der Waals surface area contributed by atoms with Gasteiger partial charge in [-0.05, 0) is 52.9 Å². The molecule has 0 saturated carbocycles. The first-order chi connectivity index (χ1) is 22.8. The van der Waals surface area contributed by atoms with E-state index < -0.39 is 53.2 Å². The Bertz CT molecular complexity index is 2210. The second-order valence-electron chi connectivity index (χ2n) is 11.4. The molecule has 0 atom stereocenters. The van der Waals surface area contributed by atoms with Gasteiger partial charge in [-0.1, -0.05) is 77.8 Å². The summed E-state index contributed by atoms with van der Waals surface area (Å²) in [7, 11) is -11.9. The zero-order chi connectivity index (χ0) is 35.6. The predicted molar refractivity (Wildman–Crippen MR) is 181 cm³/mol. The van der Waals surface area contributed by atoms with Crippen molar-refractivity contribution in [3.8, 4) is 0 Å². The van der Waals surface area contributed by atoms with Gasteiger partial charge in [-0.2, -0.15) is 17.6 Å². The fraction of sp³-hybridized carbons (Fsp3) is 0.156. The molecule has 0 aliphatic rings. The number of para-hydroxylation sites is 2. The molecular weight excluding hydrogens is 749 g/mol. The minimum atomic E-state index is -5.93. The van der Waals surface area contributed by atoms with E-state index in [9.17, 15) is 46.3 Å². The number of fused-ring (bicyclic) bond motifs is 2. The number of rotatable bonds is 10. The standard InChI is InChI=1S/C32H24Cl2F4N2O6P2S/c33-24-15-19(9-11-22(24)31(35,36)47(41,42)43)17-30(29-39-26-6-2-4-8-28(26)49-29,40-14-13-21-5-1-3-7-27(21)40)18-20-10-12-23(25(34)16-20)32(37,38)48(44,45)46/h1-16H,17-18H2,(H2,41,42,43)(H2,44,45,46).